The Kier molecular flexibility index (Phi) is 8.06. The topological polar surface area (TPSA) is 54.7 Å². The SMILES string of the molecule is C1=C(c2ccccc2)C2=NC/1=C/c1cc(-c3ccccc3)c([n-]1)/C=C1\[N-]C(C=C1c1ccccc1)/C=c1/cc(-c3ccccc3)/c([n-]1)=C\2.[Mn+3]. The molecule has 4 aromatic carbocycles. The summed E-state index contributed by atoms with van der Waals surface area (Å²) in [5, 5.41) is 7.00. The summed E-state index contributed by atoms with van der Waals surface area (Å²) in [7, 11) is 0. The van der Waals surface area contributed by atoms with Crippen LogP contribution in [0, 0.1) is 0 Å². The van der Waals surface area contributed by atoms with Crippen LogP contribution in [0.4, 0.5) is 0 Å². The second kappa shape index (κ2) is 13.0. The van der Waals surface area contributed by atoms with Gasteiger partial charge in [0.1, 0.15) is 0 Å². The smallest absolute Gasteiger partial charge is 0.675 e. The molecular formula is C44H29MnN4. The predicted molar refractivity (Wildman–Crippen MR) is 198 cm³/mol. The first-order valence-corrected chi connectivity index (χ1v) is 16.2. The van der Waals surface area contributed by atoms with Crippen molar-refractivity contribution in [3.63, 3.8) is 0 Å². The fraction of sp³-hybridized carbons (Fsp3) is 0.0227. The van der Waals surface area contributed by atoms with E-state index in [1.165, 1.54) is 0 Å². The number of hydrogen-bond donors (Lipinski definition) is 0. The van der Waals surface area contributed by atoms with E-state index in [-0.39, 0.29) is 23.1 Å². The van der Waals surface area contributed by atoms with E-state index in [1.807, 2.05) is 24.3 Å². The van der Waals surface area contributed by atoms with Gasteiger partial charge < -0.3 is 15.3 Å². The van der Waals surface area contributed by atoms with Gasteiger partial charge in [-0.1, -0.05) is 158 Å². The normalized spacial score (nSPS) is 19.6. The standard InChI is InChI=1S/C44H29N4.Mn/c1-5-13-29(14-6-1)37-23-33-21-34-24-39(31-17-9-3-10-18-31)43(47-34)28-44-40(32-19-11-4-12-20-32)26-36(48-44)22-35-25-38(30-15-7-2-8-16-30)42(46-35)27-41(37)45-33;/h1-28,33H;/q-3;+3/b34-21-,36-22+,41-27-,43-28+;. The zero-order valence-electron chi connectivity index (χ0n) is 26.4. The maximum absolute atomic E-state index is 5.25. The molecule has 0 amide bonds. The zero-order chi connectivity index (χ0) is 31.9. The number of aromatic nitrogens is 2. The summed E-state index contributed by atoms with van der Waals surface area (Å²) in [5.41, 5.74) is 13.1. The van der Waals surface area contributed by atoms with Crippen LogP contribution in [0.3, 0.4) is 0 Å². The van der Waals surface area contributed by atoms with Gasteiger partial charge in [0.2, 0.25) is 0 Å². The van der Waals surface area contributed by atoms with Crippen molar-refractivity contribution < 1.29 is 17.1 Å². The molecular weight excluding hydrogens is 639 g/mol. The molecule has 0 N–H and O–H groups in total. The third-order valence-corrected chi connectivity index (χ3v) is 8.88. The average molecular weight is 669 g/mol. The molecule has 3 aliphatic rings. The van der Waals surface area contributed by atoms with E-state index in [1.54, 1.807) is 0 Å². The molecule has 0 fully saturated rings. The molecule has 5 heterocycles. The minimum atomic E-state index is -0.185. The van der Waals surface area contributed by atoms with Crippen LogP contribution in [0.1, 0.15) is 22.5 Å². The van der Waals surface area contributed by atoms with Crippen molar-refractivity contribution in [2.45, 2.75) is 6.04 Å². The van der Waals surface area contributed by atoms with Crippen LogP contribution in [0.15, 0.2) is 162 Å². The fourth-order valence-electron chi connectivity index (χ4n) is 6.64. The molecule has 1 unspecified atom stereocenters. The molecule has 1 atom stereocenters. The first-order chi connectivity index (χ1) is 23.7. The quantitative estimate of drug-likeness (QED) is 0.178. The van der Waals surface area contributed by atoms with E-state index < -0.39 is 0 Å². The van der Waals surface area contributed by atoms with Crippen molar-refractivity contribution in [2.24, 2.45) is 4.99 Å². The molecule has 4 nitrogen and oxygen atoms in total. The summed E-state index contributed by atoms with van der Waals surface area (Å²) in [6.07, 6.45) is 12.9. The molecule has 232 valence electrons. The van der Waals surface area contributed by atoms with Crippen LogP contribution in [-0.2, 0) is 17.1 Å². The summed E-state index contributed by atoms with van der Waals surface area (Å²) >= 11 is 0. The van der Waals surface area contributed by atoms with Crippen molar-refractivity contribution >= 4 is 41.2 Å². The van der Waals surface area contributed by atoms with Crippen LogP contribution < -0.4 is 20.7 Å². The Morgan fingerprint density at radius 1 is 0.510 bits per heavy atom. The number of allylic oxidation sites excluding steroid dienone is 3. The maximum Gasteiger partial charge on any atom is 3.00 e. The molecule has 0 aliphatic carbocycles. The van der Waals surface area contributed by atoms with E-state index in [2.05, 4.69) is 146 Å². The van der Waals surface area contributed by atoms with Crippen molar-refractivity contribution in [3.05, 3.63) is 196 Å². The summed E-state index contributed by atoms with van der Waals surface area (Å²) in [4.78, 5) is 15.5. The summed E-state index contributed by atoms with van der Waals surface area (Å²) < 4.78 is 0. The molecule has 6 aromatic rings. The molecule has 9 rings (SSSR count). The van der Waals surface area contributed by atoms with Gasteiger partial charge in [-0.3, -0.25) is 0 Å². The van der Waals surface area contributed by atoms with Crippen molar-refractivity contribution in [2.75, 3.05) is 0 Å². The number of fused-ring (bicyclic) bond motifs is 7. The minimum absolute atomic E-state index is 0. The van der Waals surface area contributed by atoms with Gasteiger partial charge in [-0.05, 0) is 51.1 Å². The third kappa shape index (κ3) is 6.02. The van der Waals surface area contributed by atoms with Gasteiger partial charge in [0.25, 0.3) is 0 Å². The van der Waals surface area contributed by atoms with Crippen LogP contribution in [-0.4, -0.2) is 11.8 Å². The Morgan fingerprint density at radius 2 is 1.10 bits per heavy atom. The van der Waals surface area contributed by atoms with Gasteiger partial charge in [-0.2, -0.15) is 0 Å². The number of aliphatic imine (C=N–C) groups is 1. The van der Waals surface area contributed by atoms with Gasteiger partial charge in [0.05, 0.1) is 11.4 Å². The number of benzene rings is 4. The second-order valence-electron chi connectivity index (χ2n) is 12.1. The first kappa shape index (κ1) is 30.5. The van der Waals surface area contributed by atoms with E-state index in [0.717, 1.165) is 83.7 Å². The minimum Gasteiger partial charge on any atom is -0.675 e. The molecule has 0 radical (unpaired) electrons. The van der Waals surface area contributed by atoms with Crippen molar-refractivity contribution in [1.82, 2.24) is 9.97 Å². The van der Waals surface area contributed by atoms with Gasteiger partial charge in [-0.25, -0.2) is 4.99 Å². The molecule has 3 aliphatic heterocycles. The monoisotopic (exact) mass is 668 g/mol. The largest absolute Gasteiger partial charge is 3.00 e. The molecule has 49 heavy (non-hydrogen) atoms. The Balaban J connectivity index is 0.00000348. The zero-order valence-corrected chi connectivity index (χ0v) is 27.6. The fourth-order valence-corrected chi connectivity index (χ4v) is 6.64. The number of hydrogen-bond acceptors (Lipinski definition) is 1. The van der Waals surface area contributed by atoms with Gasteiger partial charge in [0.15, 0.2) is 0 Å². The van der Waals surface area contributed by atoms with Crippen LogP contribution in [0.2, 0.25) is 0 Å². The number of rotatable bonds is 4. The summed E-state index contributed by atoms with van der Waals surface area (Å²) in [5.74, 6) is 0. The van der Waals surface area contributed by atoms with Crippen LogP contribution in [0.5, 0.6) is 0 Å². The van der Waals surface area contributed by atoms with E-state index in [4.69, 9.17) is 20.3 Å². The molecule has 2 aromatic heterocycles. The molecule has 0 saturated heterocycles. The third-order valence-electron chi connectivity index (χ3n) is 8.88. The van der Waals surface area contributed by atoms with E-state index in [9.17, 15) is 0 Å². The second-order valence-corrected chi connectivity index (χ2v) is 12.1. The molecule has 5 heteroatoms. The van der Waals surface area contributed by atoms with Crippen LogP contribution in [0.25, 0.3) is 63.0 Å². The number of nitrogens with zero attached hydrogens (tertiary/aromatic N) is 4. The van der Waals surface area contributed by atoms with Gasteiger partial charge in [-0.15, -0.1) is 33.9 Å². The molecule has 0 spiro atoms. The predicted octanol–water partition coefficient (Wildman–Crippen LogP) is 8.27. The van der Waals surface area contributed by atoms with E-state index >= 15 is 0 Å². The average Bonchev–Trinajstić information content (AvgIpc) is 3.92. The van der Waals surface area contributed by atoms with Crippen LogP contribution >= 0.6 is 0 Å². The first-order valence-electron chi connectivity index (χ1n) is 16.2. The summed E-state index contributed by atoms with van der Waals surface area (Å²) in [6, 6.07) is 45.9. The van der Waals surface area contributed by atoms with Crippen molar-refractivity contribution in [3.8, 4) is 22.3 Å². The van der Waals surface area contributed by atoms with Gasteiger partial charge in [0, 0.05) is 5.57 Å². The molecule has 8 bridgehead atoms. The Hall–Kier alpha value is -5.87. The Labute approximate surface area is 295 Å². The summed E-state index contributed by atoms with van der Waals surface area (Å²) in [6.45, 7) is 0. The molecule has 0 saturated carbocycles. The van der Waals surface area contributed by atoms with E-state index in [0.29, 0.717) is 0 Å². The Bertz CT molecular complexity index is 2440. The van der Waals surface area contributed by atoms with Crippen molar-refractivity contribution in [1.29, 1.82) is 0 Å². The maximum atomic E-state index is 5.25. The van der Waals surface area contributed by atoms with Gasteiger partial charge >= 0.3 is 17.1 Å². The Morgan fingerprint density at radius 3 is 1.76 bits per heavy atom.